The van der Waals surface area contributed by atoms with Crippen LogP contribution < -0.4 is 5.32 Å². The molecule has 0 heterocycles. The molecule has 40 heavy (non-hydrogen) atoms. The number of rotatable bonds is 10. The van der Waals surface area contributed by atoms with Gasteiger partial charge in [0.15, 0.2) is 0 Å². The maximum atomic E-state index is 12.6. The van der Waals surface area contributed by atoms with E-state index in [1.165, 1.54) is 6.08 Å². The topological polar surface area (TPSA) is 84.9 Å². The van der Waals surface area contributed by atoms with Crippen LogP contribution in [-0.2, 0) is 14.3 Å². The highest BCUT2D eigenvalue weighted by Gasteiger charge is 2.34. The lowest BCUT2D eigenvalue weighted by Crippen LogP contribution is -2.26. The van der Waals surface area contributed by atoms with Gasteiger partial charge in [-0.15, -0.1) is 13.2 Å². The summed E-state index contributed by atoms with van der Waals surface area (Å²) in [6.07, 6.45) is 3.81. The maximum Gasteiger partial charge on any atom is 0.523 e. The van der Waals surface area contributed by atoms with E-state index >= 15 is 0 Å². The summed E-state index contributed by atoms with van der Waals surface area (Å²) >= 11 is 0. The molecule has 1 amide bonds. The van der Waals surface area contributed by atoms with Crippen molar-refractivity contribution in [2.75, 3.05) is 6.54 Å². The Labute approximate surface area is 233 Å². The second kappa shape index (κ2) is 12.9. The molecule has 218 valence electrons. The Hall–Kier alpha value is -3.33. The van der Waals surface area contributed by atoms with Crippen molar-refractivity contribution in [2.24, 2.45) is 17.3 Å². The largest absolute Gasteiger partial charge is 0.523 e. The quantitative estimate of drug-likeness (QED) is 0.314. The van der Waals surface area contributed by atoms with Crippen molar-refractivity contribution in [3.05, 3.63) is 82.7 Å². The normalized spacial score (nSPS) is 22.1. The number of benzene rings is 1. The maximum absolute atomic E-state index is 12.6. The van der Waals surface area contributed by atoms with Crippen molar-refractivity contribution in [3.63, 3.8) is 0 Å². The van der Waals surface area contributed by atoms with Crippen molar-refractivity contribution in [2.45, 2.75) is 72.5 Å². The zero-order chi connectivity index (χ0) is 29.7. The van der Waals surface area contributed by atoms with E-state index < -0.39 is 18.4 Å². The van der Waals surface area contributed by atoms with Gasteiger partial charge in [0.25, 0.3) is 5.91 Å². The molecule has 2 aliphatic carbocycles. The van der Waals surface area contributed by atoms with E-state index in [4.69, 9.17) is 9.84 Å². The minimum atomic E-state index is -4.67. The van der Waals surface area contributed by atoms with Crippen molar-refractivity contribution in [3.8, 4) is 0 Å². The average Bonchev–Trinajstić information content (AvgIpc) is 2.82. The summed E-state index contributed by atoms with van der Waals surface area (Å²) in [4.78, 5) is 23.0. The molecule has 9 heteroatoms. The minimum Gasteiger partial charge on any atom is -0.486 e. The number of carbonyl (C=O) groups excluding carboxylic acids is 1. The first-order valence-corrected chi connectivity index (χ1v) is 13.4. The van der Waals surface area contributed by atoms with E-state index in [1.807, 2.05) is 37.3 Å². The monoisotopic (exact) mass is 561 g/mol. The number of amides is 1. The first kappa shape index (κ1) is 31.2. The van der Waals surface area contributed by atoms with E-state index in [9.17, 15) is 22.8 Å². The molecule has 4 unspecified atom stereocenters. The number of nitrogens with one attached hydrogen (secondary N) is 1. The fourth-order valence-electron chi connectivity index (χ4n) is 5.06. The molecule has 4 atom stereocenters. The van der Waals surface area contributed by atoms with Crippen LogP contribution in [0.15, 0.2) is 71.6 Å². The van der Waals surface area contributed by atoms with Gasteiger partial charge in [0, 0.05) is 18.0 Å². The Morgan fingerprint density at radius 2 is 1.82 bits per heavy atom. The summed E-state index contributed by atoms with van der Waals surface area (Å²) in [7, 11) is 0. The van der Waals surface area contributed by atoms with E-state index in [1.54, 1.807) is 18.2 Å². The second-order valence-electron chi connectivity index (χ2n) is 11.6. The summed E-state index contributed by atoms with van der Waals surface area (Å²) in [5.74, 6) is -0.504. The van der Waals surface area contributed by atoms with Crippen LogP contribution in [0.5, 0.6) is 0 Å². The van der Waals surface area contributed by atoms with Crippen LogP contribution in [0, 0.1) is 17.3 Å². The third-order valence-electron chi connectivity index (χ3n) is 6.79. The Kier molecular flexibility index (Phi) is 10.1. The molecular weight excluding hydrogens is 523 g/mol. The molecule has 0 aliphatic heterocycles. The highest BCUT2D eigenvalue weighted by molar-refractivity contribution is 5.94. The fraction of sp³-hybridized carbons (Fsp3) is 0.484. The third kappa shape index (κ3) is 9.40. The summed E-state index contributed by atoms with van der Waals surface area (Å²) < 4.78 is 48.4. The highest BCUT2D eigenvalue weighted by atomic mass is 19.4. The number of hydrogen-bond acceptors (Lipinski definition) is 4. The van der Waals surface area contributed by atoms with Crippen LogP contribution >= 0.6 is 0 Å². The number of carboxylic acids is 1. The van der Waals surface area contributed by atoms with Gasteiger partial charge in [-0.1, -0.05) is 63.6 Å². The van der Waals surface area contributed by atoms with Gasteiger partial charge < -0.3 is 15.2 Å². The van der Waals surface area contributed by atoms with Gasteiger partial charge in [0.2, 0.25) is 0 Å². The lowest BCUT2D eigenvalue weighted by molar-refractivity contribution is -0.336. The molecule has 0 bridgehead atoms. The molecule has 2 aliphatic rings. The van der Waals surface area contributed by atoms with Gasteiger partial charge in [-0.2, -0.15) is 0 Å². The summed E-state index contributed by atoms with van der Waals surface area (Å²) in [5.41, 5.74) is 3.31. The van der Waals surface area contributed by atoms with Gasteiger partial charge in [0.1, 0.15) is 11.9 Å². The molecule has 0 spiro atoms. The van der Waals surface area contributed by atoms with Crippen LogP contribution in [0.1, 0.15) is 75.9 Å². The number of hydrogen-bond donors (Lipinski definition) is 2. The Balaban J connectivity index is 1.72. The van der Waals surface area contributed by atoms with E-state index in [2.05, 4.69) is 37.7 Å². The third-order valence-corrected chi connectivity index (χ3v) is 6.79. The number of aliphatic carboxylic acids is 1. The molecule has 1 aromatic rings. The molecule has 6 nitrogen and oxygen atoms in total. The predicted octanol–water partition coefficient (Wildman–Crippen LogP) is 7.27. The van der Waals surface area contributed by atoms with Crippen molar-refractivity contribution in [1.29, 1.82) is 0 Å². The fourth-order valence-corrected chi connectivity index (χ4v) is 5.06. The van der Waals surface area contributed by atoms with Crippen LogP contribution in [0.2, 0.25) is 0 Å². The average molecular weight is 562 g/mol. The van der Waals surface area contributed by atoms with Gasteiger partial charge in [-0.25, -0.2) is 0 Å². The minimum absolute atomic E-state index is 0.0235. The first-order chi connectivity index (χ1) is 18.6. The number of carbonyl (C=O) groups is 2. The molecular formula is C31H38F3NO5. The molecule has 0 radical (unpaired) electrons. The van der Waals surface area contributed by atoms with Crippen molar-refractivity contribution >= 4 is 11.9 Å². The molecule has 0 saturated heterocycles. The molecule has 1 aromatic carbocycles. The lowest BCUT2D eigenvalue weighted by atomic mass is 9.76. The van der Waals surface area contributed by atoms with E-state index in [0.717, 1.165) is 22.5 Å². The van der Waals surface area contributed by atoms with Gasteiger partial charge >= 0.3 is 12.3 Å². The van der Waals surface area contributed by atoms with Crippen LogP contribution in [-0.4, -0.2) is 36.0 Å². The first-order valence-electron chi connectivity index (χ1n) is 13.4. The number of allylic oxidation sites excluding steroid dienone is 5. The van der Waals surface area contributed by atoms with Crippen LogP contribution in [0.25, 0.3) is 0 Å². The molecule has 3 rings (SSSR count). The second-order valence-corrected chi connectivity index (χ2v) is 11.6. The predicted molar refractivity (Wildman–Crippen MR) is 146 cm³/mol. The SMILES string of the molecule is CC1=CC(OC(CC(C)(C)C)c2ccc(C(=O)NCCC(=O)O)cc2)=CC(C)C1C1=CCC(OC(F)(F)F)C=C1. The van der Waals surface area contributed by atoms with Gasteiger partial charge in [-0.05, 0) is 66.5 Å². The Morgan fingerprint density at radius 3 is 2.35 bits per heavy atom. The Bertz CT molecular complexity index is 1190. The smallest absolute Gasteiger partial charge is 0.486 e. The zero-order valence-corrected chi connectivity index (χ0v) is 23.5. The summed E-state index contributed by atoms with van der Waals surface area (Å²) in [6, 6.07) is 7.12. The summed E-state index contributed by atoms with van der Waals surface area (Å²) in [5, 5.41) is 11.4. The van der Waals surface area contributed by atoms with Gasteiger partial charge in [-0.3, -0.25) is 14.3 Å². The van der Waals surface area contributed by atoms with Gasteiger partial charge in [0.05, 0.1) is 12.5 Å². The lowest BCUT2D eigenvalue weighted by Gasteiger charge is -2.33. The number of carboxylic acid groups (broad SMARTS) is 1. The standard InChI is InChI=1S/C31H38F3NO5/c1-19-16-25(17-20(2)28(19)22-10-12-24(13-11-22)40-31(32,33)34)39-26(18-30(3,4)5)21-6-8-23(9-7-21)29(38)35-15-14-27(36)37/h6-12,16-17,19,24,26,28H,13-15,18H2,1-5H3,(H,35,38)(H,36,37). The number of halogens is 3. The van der Waals surface area contributed by atoms with Crippen molar-refractivity contribution < 1.29 is 37.3 Å². The van der Waals surface area contributed by atoms with E-state index in [-0.39, 0.29) is 48.6 Å². The van der Waals surface area contributed by atoms with Crippen LogP contribution in [0.3, 0.4) is 0 Å². The number of alkyl halides is 3. The molecule has 0 fully saturated rings. The van der Waals surface area contributed by atoms with E-state index in [0.29, 0.717) is 12.0 Å². The van der Waals surface area contributed by atoms with Crippen molar-refractivity contribution in [1.82, 2.24) is 5.32 Å². The molecule has 0 saturated carbocycles. The number of ether oxygens (including phenoxy) is 2. The van der Waals surface area contributed by atoms with Crippen LogP contribution in [0.4, 0.5) is 13.2 Å². The Morgan fingerprint density at radius 1 is 1.15 bits per heavy atom. The highest BCUT2D eigenvalue weighted by Crippen LogP contribution is 2.40. The molecule has 0 aromatic heterocycles. The molecule has 2 N–H and O–H groups in total. The zero-order valence-electron chi connectivity index (χ0n) is 23.5. The summed E-state index contributed by atoms with van der Waals surface area (Å²) in [6.45, 7) is 10.5.